The molecule has 3 rings (SSSR count). The van der Waals surface area contributed by atoms with Gasteiger partial charge >= 0.3 is 0 Å². The van der Waals surface area contributed by atoms with Gasteiger partial charge in [-0.1, -0.05) is 18.2 Å². The number of amides is 1. The topological polar surface area (TPSA) is 64.2 Å². The van der Waals surface area contributed by atoms with Crippen LogP contribution >= 0.6 is 0 Å². The van der Waals surface area contributed by atoms with Gasteiger partial charge in [0.05, 0.1) is 5.52 Å². The summed E-state index contributed by atoms with van der Waals surface area (Å²) in [5, 5.41) is 5.32. The SMILES string of the molecule is CC(N)C1CCN(C(=O)c2nn(C)c3ccccc23)C1. The van der Waals surface area contributed by atoms with Crippen molar-refractivity contribution in [3.63, 3.8) is 0 Å². The molecule has 1 aliphatic heterocycles. The maximum Gasteiger partial charge on any atom is 0.275 e. The highest BCUT2D eigenvalue weighted by atomic mass is 16.2. The molecule has 0 radical (unpaired) electrons. The second-order valence-electron chi connectivity index (χ2n) is 5.65. The van der Waals surface area contributed by atoms with Crippen LogP contribution in [0.5, 0.6) is 0 Å². The van der Waals surface area contributed by atoms with Crippen molar-refractivity contribution < 1.29 is 4.79 Å². The van der Waals surface area contributed by atoms with Crippen LogP contribution in [0.4, 0.5) is 0 Å². The number of nitrogens with two attached hydrogens (primary N) is 1. The van der Waals surface area contributed by atoms with E-state index in [4.69, 9.17) is 5.73 Å². The van der Waals surface area contributed by atoms with Crippen molar-refractivity contribution in [2.45, 2.75) is 19.4 Å². The van der Waals surface area contributed by atoms with Gasteiger partial charge in [0.2, 0.25) is 0 Å². The molecule has 106 valence electrons. The Morgan fingerprint density at radius 2 is 2.20 bits per heavy atom. The lowest BCUT2D eigenvalue weighted by atomic mass is 10.0. The Bertz CT molecular complexity index is 646. The molecule has 1 saturated heterocycles. The van der Waals surface area contributed by atoms with Gasteiger partial charge in [0.15, 0.2) is 5.69 Å². The number of aryl methyl sites for hydroxylation is 1. The van der Waals surface area contributed by atoms with Crippen LogP contribution in [-0.4, -0.2) is 39.7 Å². The van der Waals surface area contributed by atoms with Crippen LogP contribution in [0.3, 0.4) is 0 Å². The highest BCUT2D eigenvalue weighted by Crippen LogP contribution is 2.24. The summed E-state index contributed by atoms with van der Waals surface area (Å²) in [5.74, 6) is 0.416. The zero-order valence-electron chi connectivity index (χ0n) is 11.9. The highest BCUT2D eigenvalue weighted by Gasteiger charge is 2.30. The molecule has 2 aromatic rings. The molecule has 2 atom stereocenters. The smallest absolute Gasteiger partial charge is 0.275 e. The lowest BCUT2D eigenvalue weighted by Crippen LogP contribution is -2.33. The molecule has 1 aliphatic rings. The van der Waals surface area contributed by atoms with Crippen LogP contribution < -0.4 is 5.73 Å². The van der Waals surface area contributed by atoms with Crippen molar-refractivity contribution in [1.82, 2.24) is 14.7 Å². The molecule has 5 nitrogen and oxygen atoms in total. The maximum absolute atomic E-state index is 12.7. The van der Waals surface area contributed by atoms with E-state index in [9.17, 15) is 4.79 Å². The van der Waals surface area contributed by atoms with Crippen molar-refractivity contribution in [2.24, 2.45) is 18.7 Å². The Morgan fingerprint density at radius 1 is 1.45 bits per heavy atom. The average molecular weight is 272 g/mol. The number of para-hydroxylation sites is 1. The van der Waals surface area contributed by atoms with E-state index < -0.39 is 0 Å². The lowest BCUT2D eigenvalue weighted by Gasteiger charge is -2.17. The monoisotopic (exact) mass is 272 g/mol. The summed E-state index contributed by atoms with van der Waals surface area (Å²) >= 11 is 0. The number of likely N-dealkylation sites (tertiary alicyclic amines) is 1. The minimum Gasteiger partial charge on any atom is -0.337 e. The summed E-state index contributed by atoms with van der Waals surface area (Å²) in [7, 11) is 1.87. The fourth-order valence-electron chi connectivity index (χ4n) is 2.92. The van der Waals surface area contributed by atoms with Gasteiger partial charge in [-0.05, 0) is 25.3 Å². The number of carbonyl (C=O) groups is 1. The molecule has 2 N–H and O–H groups in total. The molecule has 20 heavy (non-hydrogen) atoms. The Labute approximate surface area is 118 Å². The minimum absolute atomic E-state index is 0.0185. The van der Waals surface area contributed by atoms with Crippen molar-refractivity contribution in [1.29, 1.82) is 0 Å². The van der Waals surface area contributed by atoms with Gasteiger partial charge in [-0.2, -0.15) is 5.10 Å². The van der Waals surface area contributed by atoms with E-state index in [1.165, 1.54) is 0 Å². The molecule has 2 heterocycles. The first kappa shape index (κ1) is 13.1. The molecule has 5 heteroatoms. The van der Waals surface area contributed by atoms with Crippen molar-refractivity contribution >= 4 is 16.8 Å². The first-order valence-corrected chi connectivity index (χ1v) is 7.04. The van der Waals surface area contributed by atoms with Crippen LogP contribution in [0, 0.1) is 5.92 Å². The number of rotatable bonds is 2. The summed E-state index contributed by atoms with van der Waals surface area (Å²) in [6.45, 7) is 3.52. The van der Waals surface area contributed by atoms with E-state index in [0.717, 1.165) is 30.4 Å². The normalized spacial score (nSPS) is 20.6. The molecule has 0 aliphatic carbocycles. The number of hydrogen-bond acceptors (Lipinski definition) is 3. The zero-order valence-corrected chi connectivity index (χ0v) is 11.9. The minimum atomic E-state index is 0.0185. The quantitative estimate of drug-likeness (QED) is 0.898. The average Bonchev–Trinajstić information content (AvgIpc) is 3.04. The lowest BCUT2D eigenvalue weighted by molar-refractivity contribution is 0.0781. The molecule has 1 fully saturated rings. The van der Waals surface area contributed by atoms with Crippen LogP contribution in [0.15, 0.2) is 24.3 Å². The predicted molar refractivity (Wildman–Crippen MR) is 78.4 cm³/mol. The van der Waals surface area contributed by atoms with Crippen LogP contribution in [0.25, 0.3) is 10.9 Å². The third-order valence-electron chi connectivity index (χ3n) is 4.22. The fourth-order valence-corrected chi connectivity index (χ4v) is 2.92. The molecule has 0 spiro atoms. The number of benzene rings is 1. The maximum atomic E-state index is 12.7. The fraction of sp³-hybridized carbons (Fsp3) is 0.467. The standard InChI is InChI=1S/C15H20N4O/c1-10(16)11-7-8-19(9-11)15(20)14-12-5-3-4-6-13(12)18(2)17-14/h3-6,10-11H,7-9,16H2,1-2H3. The van der Waals surface area contributed by atoms with Gasteiger partial charge in [-0.25, -0.2) is 0 Å². The Balaban J connectivity index is 1.90. The largest absolute Gasteiger partial charge is 0.337 e. The first-order valence-electron chi connectivity index (χ1n) is 7.04. The van der Waals surface area contributed by atoms with Gasteiger partial charge in [0.25, 0.3) is 5.91 Å². The van der Waals surface area contributed by atoms with Gasteiger partial charge in [-0.15, -0.1) is 0 Å². The number of nitrogens with zero attached hydrogens (tertiary/aromatic N) is 3. The molecule has 1 aromatic carbocycles. The molecule has 1 aromatic heterocycles. The molecule has 1 amide bonds. The summed E-state index contributed by atoms with van der Waals surface area (Å²) in [5.41, 5.74) is 7.47. The second kappa shape index (κ2) is 4.90. The van der Waals surface area contributed by atoms with Crippen molar-refractivity contribution in [3.05, 3.63) is 30.0 Å². The molecule has 0 saturated carbocycles. The van der Waals surface area contributed by atoms with E-state index in [-0.39, 0.29) is 11.9 Å². The van der Waals surface area contributed by atoms with E-state index in [1.807, 2.05) is 43.1 Å². The van der Waals surface area contributed by atoms with Gasteiger partial charge in [0, 0.05) is 31.6 Å². The second-order valence-corrected chi connectivity index (χ2v) is 5.65. The Kier molecular flexibility index (Phi) is 3.22. The molecular formula is C15H20N4O. The van der Waals surface area contributed by atoms with E-state index in [1.54, 1.807) is 4.68 Å². The summed E-state index contributed by atoms with van der Waals surface area (Å²) < 4.78 is 1.77. The van der Waals surface area contributed by atoms with E-state index in [0.29, 0.717) is 11.6 Å². The van der Waals surface area contributed by atoms with E-state index >= 15 is 0 Å². The van der Waals surface area contributed by atoms with Crippen LogP contribution in [0.2, 0.25) is 0 Å². The van der Waals surface area contributed by atoms with Crippen molar-refractivity contribution in [3.8, 4) is 0 Å². The number of carbonyl (C=O) groups excluding carboxylic acids is 1. The summed E-state index contributed by atoms with van der Waals surface area (Å²) in [6.07, 6.45) is 0.980. The third-order valence-corrected chi connectivity index (χ3v) is 4.22. The number of fused-ring (bicyclic) bond motifs is 1. The number of hydrogen-bond donors (Lipinski definition) is 1. The predicted octanol–water partition coefficient (Wildman–Crippen LogP) is 1.38. The molecular weight excluding hydrogens is 252 g/mol. The summed E-state index contributed by atoms with van der Waals surface area (Å²) in [4.78, 5) is 14.5. The Morgan fingerprint density at radius 3 is 2.90 bits per heavy atom. The first-order chi connectivity index (χ1) is 9.58. The molecule has 0 bridgehead atoms. The molecule has 2 unspecified atom stereocenters. The van der Waals surface area contributed by atoms with Gasteiger partial charge < -0.3 is 10.6 Å². The van der Waals surface area contributed by atoms with Crippen LogP contribution in [-0.2, 0) is 7.05 Å². The van der Waals surface area contributed by atoms with E-state index in [2.05, 4.69) is 5.10 Å². The van der Waals surface area contributed by atoms with Gasteiger partial charge in [-0.3, -0.25) is 9.48 Å². The zero-order chi connectivity index (χ0) is 14.3. The van der Waals surface area contributed by atoms with Gasteiger partial charge in [0.1, 0.15) is 0 Å². The summed E-state index contributed by atoms with van der Waals surface area (Å²) in [6, 6.07) is 7.96. The highest BCUT2D eigenvalue weighted by molar-refractivity contribution is 6.04. The third kappa shape index (κ3) is 2.08. The Hall–Kier alpha value is -1.88. The number of aromatic nitrogens is 2. The van der Waals surface area contributed by atoms with Crippen LogP contribution in [0.1, 0.15) is 23.8 Å². The van der Waals surface area contributed by atoms with Crippen molar-refractivity contribution in [2.75, 3.05) is 13.1 Å².